The van der Waals surface area contributed by atoms with Crippen molar-refractivity contribution in [1.29, 1.82) is 0 Å². The first-order valence-corrected chi connectivity index (χ1v) is 5.98. The molecule has 4 N–H and O–H groups in total. The Kier molecular flexibility index (Phi) is 4.19. The average Bonchev–Trinajstić information content (AvgIpc) is 2.64. The molecule has 0 radical (unpaired) electrons. The summed E-state index contributed by atoms with van der Waals surface area (Å²) < 4.78 is 0. The number of nitrogens with zero attached hydrogens (tertiary/aromatic N) is 1. The van der Waals surface area contributed by atoms with E-state index in [-0.39, 0.29) is 17.5 Å². The van der Waals surface area contributed by atoms with Crippen molar-refractivity contribution in [2.24, 2.45) is 5.73 Å². The Balaban J connectivity index is 2.70. The summed E-state index contributed by atoms with van der Waals surface area (Å²) in [4.78, 5) is 26.6. The summed E-state index contributed by atoms with van der Waals surface area (Å²) in [5.41, 5.74) is 5.31. The molecule has 0 spiro atoms. The van der Waals surface area contributed by atoms with Crippen molar-refractivity contribution < 1.29 is 9.59 Å². The van der Waals surface area contributed by atoms with Crippen molar-refractivity contribution in [1.82, 2.24) is 10.3 Å². The van der Waals surface area contributed by atoms with Crippen LogP contribution < -0.4 is 16.4 Å². The van der Waals surface area contributed by atoms with Crippen molar-refractivity contribution >= 4 is 28.3 Å². The van der Waals surface area contributed by atoms with E-state index in [1.54, 1.807) is 5.38 Å². The summed E-state index contributed by atoms with van der Waals surface area (Å²) in [7, 11) is 0. The Bertz CT molecular complexity index is 428. The fourth-order valence-corrected chi connectivity index (χ4v) is 1.75. The summed E-state index contributed by atoms with van der Waals surface area (Å²) >= 11 is 1.20. The highest BCUT2D eigenvalue weighted by atomic mass is 32.1. The van der Waals surface area contributed by atoms with Crippen molar-refractivity contribution in [3.8, 4) is 0 Å². The van der Waals surface area contributed by atoms with Crippen LogP contribution in [0, 0.1) is 0 Å². The molecule has 0 aromatic carbocycles. The molecule has 7 heteroatoms. The second kappa shape index (κ2) is 5.24. The molecule has 0 aliphatic heterocycles. The number of carbonyl (C=O) groups excluding carboxylic acids is 2. The molecule has 0 unspecified atom stereocenters. The van der Waals surface area contributed by atoms with Gasteiger partial charge in [0.2, 0.25) is 5.91 Å². The van der Waals surface area contributed by atoms with E-state index < -0.39 is 5.54 Å². The fourth-order valence-electron chi connectivity index (χ4n) is 1.01. The lowest BCUT2D eigenvalue weighted by molar-refractivity contribution is -0.114. The standard InChI is InChI=1S/C10H16N4O2S/c1-6(15)12-9-13-7(4-17-9)8(16)14-10(2,3)5-11/h4H,5,11H2,1-3H3,(H,14,16)(H,12,13,15). The number of rotatable bonds is 4. The molecule has 0 fully saturated rings. The van der Waals surface area contributed by atoms with Gasteiger partial charge >= 0.3 is 0 Å². The van der Waals surface area contributed by atoms with Gasteiger partial charge in [0.1, 0.15) is 5.69 Å². The minimum Gasteiger partial charge on any atom is -0.345 e. The zero-order valence-corrected chi connectivity index (χ0v) is 10.9. The predicted octanol–water partition coefficient (Wildman–Crippen LogP) is 0.569. The number of amides is 2. The van der Waals surface area contributed by atoms with Gasteiger partial charge in [-0.1, -0.05) is 0 Å². The van der Waals surface area contributed by atoms with Crippen molar-refractivity contribution in [3.63, 3.8) is 0 Å². The van der Waals surface area contributed by atoms with Crippen molar-refractivity contribution in [2.75, 3.05) is 11.9 Å². The van der Waals surface area contributed by atoms with Crippen LogP contribution in [0.3, 0.4) is 0 Å². The molecule has 2 amide bonds. The van der Waals surface area contributed by atoms with E-state index in [0.717, 1.165) is 0 Å². The Morgan fingerprint density at radius 3 is 2.71 bits per heavy atom. The Morgan fingerprint density at radius 2 is 2.18 bits per heavy atom. The van der Waals surface area contributed by atoms with Gasteiger partial charge in [-0.2, -0.15) is 0 Å². The zero-order chi connectivity index (χ0) is 13.1. The van der Waals surface area contributed by atoms with E-state index in [1.165, 1.54) is 18.3 Å². The molecule has 1 aromatic heterocycles. The number of nitrogens with two attached hydrogens (primary N) is 1. The van der Waals surface area contributed by atoms with E-state index in [9.17, 15) is 9.59 Å². The fraction of sp³-hybridized carbons (Fsp3) is 0.500. The zero-order valence-electron chi connectivity index (χ0n) is 10.0. The molecule has 6 nitrogen and oxygen atoms in total. The molecular weight excluding hydrogens is 240 g/mol. The normalized spacial score (nSPS) is 11.1. The second-order valence-electron chi connectivity index (χ2n) is 4.26. The molecule has 0 saturated heterocycles. The Labute approximate surface area is 104 Å². The second-order valence-corrected chi connectivity index (χ2v) is 5.12. The molecule has 0 bridgehead atoms. The van der Waals surface area contributed by atoms with Gasteiger partial charge in [0, 0.05) is 24.4 Å². The molecular formula is C10H16N4O2S. The first-order chi connectivity index (χ1) is 7.84. The SMILES string of the molecule is CC(=O)Nc1nc(C(=O)NC(C)(C)CN)cs1. The summed E-state index contributed by atoms with van der Waals surface area (Å²) in [6.45, 7) is 5.37. The van der Waals surface area contributed by atoms with Gasteiger partial charge in [-0.3, -0.25) is 9.59 Å². The number of hydrogen-bond acceptors (Lipinski definition) is 5. The van der Waals surface area contributed by atoms with Crippen LogP contribution in [0.4, 0.5) is 5.13 Å². The molecule has 1 rings (SSSR count). The van der Waals surface area contributed by atoms with E-state index >= 15 is 0 Å². The maximum Gasteiger partial charge on any atom is 0.271 e. The Hall–Kier alpha value is -1.47. The molecule has 17 heavy (non-hydrogen) atoms. The molecule has 0 aliphatic rings. The lowest BCUT2D eigenvalue weighted by Gasteiger charge is -2.23. The first kappa shape index (κ1) is 13.6. The van der Waals surface area contributed by atoms with Crippen LogP contribution in [0.25, 0.3) is 0 Å². The number of carbonyl (C=O) groups is 2. The maximum atomic E-state index is 11.8. The van der Waals surface area contributed by atoms with Crippen LogP contribution >= 0.6 is 11.3 Å². The van der Waals surface area contributed by atoms with Crippen LogP contribution in [0.15, 0.2) is 5.38 Å². The molecule has 0 aliphatic carbocycles. The first-order valence-electron chi connectivity index (χ1n) is 5.10. The van der Waals surface area contributed by atoms with Crippen molar-refractivity contribution in [2.45, 2.75) is 26.3 Å². The van der Waals surface area contributed by atoms with E-state index in [0.29, 0.717) is 11.7 Å². The van der Waals surface area contributed by atoms with Crippen LogP contribution in [0.2, 0.25) is 0 Å². The molecule has 0 atom stereocenters. The highest BCUT2D eigenvalue weighted by Crippen LogP contribution is 2.15. The van der Waals surface area contributed by atoms with Gasteiger partial charge in [-0.25, -0.2) is 4.98 Å². The third kappa shape index (κ3) is 4.12. The van der Waals surface area contributed by atoms with E-state index in [4.69, 9.17) is 5.73 Å². The van der Waals surface area contributed by atoms with Gasteiger partial charge in [-0.15, -0.1) is 11.3 Å². The van der Waals surface area contributed by atoms with Gasteiger partial charge in [0.05, 0.1) is 0 Å². The van der Waals surface area contributed by atoms with Crippen molar-refractivity contribution in [3.05, 3.63) is 11.1 Å². The monoisotopic (exact) mass is 256 g/mol. The maximum absolute atomic E-state index is 11.8. The number of anilines is 1. The van der Waals surface area contributed by atoms with E-state index in [1.807, 2.05) is 13.8 Å². The van der Waals surface area contributed by atoms with Crippen LogP contribution in [-0.2, 0) is 4.79 Å². The Morgan fingerprint density at radius 1 is 1.53 bits per heavy atom. The highest BCUT2D eigenvalue weighted by molar-refractivity contribution is 7.14. The van der Waals surface area contributed by atoms with Crippen LogP contribution in [0.5, 0.6) is 0 Å². The highest BCUT2D eigenvalue weighted by Gasteiger charge is 2.20. The minimum absolute atomic E-state index is 0.214. The lowest BCUT2D eigenvalue weighted by Crippen LogP contribution is -2.48. The van der Waals surface area contributed by atoms with Gasteiger partial charge in [0.25, 0.3) is 5.91 Å². The number of nitrogens with one attached hydrogen (secondary N) is 2. The number of aromatic nitrogens is 1. The van der Waals surface area contributed by atoms with Crippen LogP contribution in [0.1, 0.15) is 31.3 Å². The van der Waals surface area contributed by atoms with Gasteiger partial charge in [-0.05, 0) is 13.8 Å². The third-order valence-corrected chi connectivity index (χ3v) is 2.74. The molecule has 94 valence electrons. The summed E-state index contributed by atoms with van der Waals surface area (Å²) in [6, 6.07) is 0. The topological polar surface area (TPSA) is 97.1 Å². The van der Waals surface area contributed by atoms with Gasteiger partial charge < -0.3 is 16.4 Å². The average molecular weight is 256 g/mol. The van der Waals surface area contributed by atoms with Crippen LogP contribution in [-0.4, -0.2) is 28.9 Å². The summed E-state index contributed by atoms with van der Waals surface area (Å²) in [5.74, 6) is -0.512. The summed E-state index contributed by atoms with van der Waals surface area (Å²) in [6.07, 6.45) is 0. The third-order valence-electron chi connectivity index (χ3n) is 1.98. The lowest BCUT2D eigenvalue weighted by atomic mass is 10.1. The predicted molar refractivity (Wildman–Crippen MR) is 67.0 cm³/mol. The number of thiazole rings is 1. The van der Waals surface area contributed by atoms with E-state index in [2.05, 4.69) is 15.6 Å². The minimum atomic E-state index is -0.477. The quantitative estimate of drug-likeness (QED) is 0.733. The molecule has 0 saturated carbocycles. The molecule has 1 heterocycles. The number of hydrogen-bond donors (Lipinski definition) is 3. The smallest absolute Gasteiger partial charge is 0.271 e. The largest absolute Gasteiger partial charge is 0.345 e. The summed E-state index contributed by atoms with van der Waals surface area (Å²) in [5, 5.41) is 7.28. The van der Waals surface area contributed by atoms with Gasteiger partial charge in [0.15, 0.2) is 5.13 Å². The molecule has 1 aromatic rings.